The Bertz CT molecular complexity index is 336. The van der Waals surface area contributed by atoms with Gasteiger partial charge in [0.15, 0.2) is 5.82 Å². The van der Waals surface area contributed by atoms with Gasteiger partial charge >= 0.3 is 0 Å². The van der Waals surface area contributed by atoms with Crippen LogP contribution in [0.2, 0.25) is 0 Å². The summed E-state index contributed by atoms with van der Waals surface area (Å²) in [6.07, 6.45) is 5.18. The molecule has 0 bridgehead atoms. The maximum atomic E-state index is 5.52. The van der Waals surface area contributed by atoms with E-state index in [-0.39, 0.29) is 0 Å². The number of hydrogen-bond donors (Lipinski definition) is 1. The first-order valence-electron chi connectivity index (χ1n) is 6.61. The number of hydrogen-bond acceptors (Lipinski definition) is 4. The number of nitrogens with zero attached hydrogens (tertiary/aromatic N) is 3. The summed E-state index contributed by atoms with van der Waals surface area (Å²) < 4.78 is 0. The maximum absolute atomic E-state index is 5.52. The van der Waals surface area contributed by atoms with Crippen molar-refractivity contribution < 1.29 is 0 Å². The lowest BCUT2D eigenvalue weighted by Crippen LogP contribution is -2.25. The molecule has 0 amide bonds. The van der Waals surface area contributed by atoms with Crippen LogP contribution in [0.1, 0.15) is 38.3 Å². The lowest BCUT2D eigenvalue weighted by molar-refractivity contribution is 0.459. The predicted octanol–water partition coefficient (Wildman–Crippen LogP) is 1.95. The third kappa shape index (κ3) is 3.16. The summed E-state index contributed by atoms with van der Waals surface area (Å²) in [6.45, 7) is 4.96. The molecule has 1 aliphatic rings. The molecular weight excluding hydrogens is 212 g/mol. The molecule has 0 aliphatic carbocycles. The van der Waals surface area contributed by atoms with E-state index in [0.717, 1.165) is 30.5 Å². The highest BCUT2D eigenvalue weighted by molar-refractivity contribution is 5.37. The monoisotopic (exact) mass is 234 g/mol. The highest BCUT2D eigenvalue weighted by Crippen LogP contribution is 2.22. The summed E-state index contributed by atoms with van der Waals surface area (Å²) in [6, 6.07) is 4.02. The highest BCUT2D eigenvalue weighted by Gasteiger charge is 2.16. The van der Waals surface area contributed by atoms with Crippen LogP contribution in [0, 0.1) is 5.92 Å². The van der Waals surface area contributed by atoms with Gasteiger partial charge < -0.3 is 10.6 Å². The molecule has 4 heteroatoms. The van der Waals surface area contributed by atoms with Crippen molar-refractivity contribution in [1.82, 2.24) is 10.2 Å². The molecule has 0 aromatic carbocycles. The first-order valence-corrected chi connectivity index (χ1v) is 6.61. The molecule has 1 unspecified atom stereocenters. The van der Waals surface area contributed by atoms with E-state index in [1.165, 1.54) is 25.7 Å². The Morgan fingerprint density at radius 1 is 1.29 bits per heavy atom. The van der Waals surface area contributed by atoms with E-state index in [1.807, 2.05) is 12.1 Å². The van der Waals surface area contributed by atoms with Crippen molar-refractivity contribution in [3.05, 3.63) is 17.8 Å². The van der Waals surface area contributed by atoms with Gasteiger partial charge in [-0.15, -0.1) is 5.10 Å². The molecule has 4 nitrogen and oxygen atoms in total. The third-order valence-corrected chi connectivity index (χ3v) is 3.66. The zero-order valence-corrected chi connectivity index (χ0v) is 10.6. The van der Waals surface area contributed by atoms with Gasteiger partial charge in [0, 0.05) is 19.6 Å². The van der Waals surface area contributed by atoms with Crippen molar-refractivity contribution in [2.75, 3.05) is 18.0 Å². The van der Waals surface area contributed by atoms with Crippen LogP contribution in [0.5, 0.6) is 0 Å². The highest BCUT2D eigenvalue weighted by atomic mass is 15.3. The molecule has 0 spiro atoms. The van der Waals surface area contributed by atoms with Crippen molar-refractivity contribution in [2.45, 2.75) is 39.2 Å². The van der Waals surface area contributed by atoms with Gasteiger partial charge in [-0.2, -0.15) is 5.10 Å². The molecular formula is C13H22N4. The van der Waals surface area contributed by atoms with E-state index in [0.29, 0.717) is 6.54 Å². The number of rotatable bonds is 3. The van der Waals surface area contributed by atoms with Gasteiger partial charge in [0.05, 0.1) is 5.69 Å². The van der Waals surface area contributed by atoms with Crippen LogP contribution < -0.4 is 10.6 Å². The third-order valence-electron chi connectivity index (χ3n) is 3.66. The summed E-state index contributed by atoms with van der Waals surface area (Å²) in [5, 5.41) is 8.39. The molecule has 1 fully saturated rings. The van der Waals surface area contributed by atoms with Crippen molar-refractivity contribution >= 4 is 5.82 Å². The zero-order chi connectivity index (χ0) is 12.1. The Morgan fingerprint density at radius 2 is 2.18 bits per heavy atom. The lowest BCUT2D eigenvalue weighted by atomic mass is 9.98. The maximum Gasteiger partial charge on any atom is 0.151 e. The minimum atomic E-state index is 0.463. The molecule has 94 valence electrons. The molecule has 1 saturated heterocycles. The average Bonchev–Trinajstić information content (AvgIpc) is 2.64. The fourth-order valence-corrected chi connectivity index (χ4v) is 2.43. The largest absolute Gasteiger partial charge is 0.355 e. The second kappa shape index (κ2) is 5.96. The second-order valence-electron chi connectivity index (χ2n) is 4.78. The number of nitrogens with two attached hydrogens (primary N) is 1. The van der Waals surface area contributed by atoms with Crippen molar-refractivity contribution in [1.29, 1.82) is 0 Å². The summed E-state index contributed by atoms with van der Waals surface area (Å²) in [4.78, 5) is 2.35. The van der Waals surface area contributed by atoms with Crippen LogP contribution in [0.15, 0.2) is 12.1 Å². The molecule has 1 aromatic heterocycles. The summed E-state index contributed by atoms with van der Waals surface area (Å²) in [5.74, 6) is 1.88. The average molecular weight is 234 g/mol. The van der Waals surface area contributed by atoms with E-state index >= 15 is 0 Å². The van der Waals surface area contributed by atoms with Gasteiger partial charge in [-0.1, -0.05) is 13.3 Å². The standard InChI is InChI=1S/C13H22N4/c1-2-11-4-3-8-17(9-7-11)13-6-5-12(10-14)15-16-13/h5-6,11H,2-4,7-10,14H2,1H3. The molecule has 1 aromatic rings. The van der Waals surface area contributed by atoms with Gasteiger partial charge in [0.25, 0.3) is 0 Å². The van der Waals surface area contributed by atoms with Gasteiger partial charge in [-0.25, -0.2) is 0 Å². The van der Waals surface area contributed by atoms with Gasteiger partial charge in [0.1, 0.15) is 0 Å². The van der Waals surface area contributed by atoms with Crippen LogP contribution in [0.4, 0.5) is 5.82 Å². The Labute approximate surface area is 103 Å². The van der Waals surface area contributed by atoms with Crippen LogP contribution in [-0.4, -0.2) is 23.3 Å². The van der Waals surface area contributed by atoms with E-state index < -0.39 is 0 Å². The molecule has 1 aliphatic heterocycles. The van der Waals surface area contributed by atoms with E-state index in [1.54, 1.807) is 0 Å². The SMILES string of the molecule is CCC1CCCN(c2ccc(CN)nn2)CC1. The van der Waals surface area contributed by atoms with Crippen molar-refractivity contribution in [2.24, 2.45) is 11.7 Å². The van der Waals surface area contributed by atoms with E-state index in [2.05, 4.69) is 22.0 Å². The number of aromatic nitrogens is 2. The summed E-state index contributed by atoms with van der Waals surface area (Å²) >= 11 is 0. The van der Waals surface area contributed by atoms with Crippen LogP contribution in [0.25, 0.3) is 0 Å². The lowest BCUT2D eigenvalue weighted by Gasteiger charge is -2.21. The summed E-state index contributed by atoms with van der Waals surface area (Å²) in [7, 11) is 0. The topological polar surface area (TPSA) is 55.0 Å². The Morgan fingerprint density at radius 3 is 2.82 bits per heavy atom. The van der Waals surface area contributed by atoms with Gasteiger partial charge in [0.2, 0.25) is 0 Å². The minimum absolute atomic E-state index is 0.463. The van der Waals surface area contributed by atoms with Gasteiger partial charge in [-0.3, -0.25) is 0 Å². The summed E-state index contributed by atoms with van der Waals surface area (Å²) in [5.41, 5.74) is 6.38. The fraction of sp³-hybridized carbons (Fsp3) is 0.692. The Hall–Kier alpha value is -1.16. The molecule has 2 rings (SSSR count). The molecule has 0 radical (unpaired) electrons. The Balaban J connectivity index is 2.01. The van der Waals surface area contributed by atoms with Crippen molar-refractivity contribution in [3.63, 3.8) is 0 Å². The Kier molecular flexibility index (Phi) is 4.31. The quantitative estimate of drug-likeness (QED) is 0.868. The van der Waals surface area contributed by atoms with Crippen molar-refractivity contribution in [3.8, 4) is 0 Å². The van der Waals surface area contributed by atoms with Crippen LogP contribution in [-0.2, 0) is 6.54 Å². The second-order valence-corrected chi connectivity index (χ2v) is 4.78. The molecule has 1 atom stereocenters. The zero-order valence-electron chi connectivity index (χ0n) is 10.6. The predicted molar refractivity (Wildman–Crippen MR) is 69.8 cm³/mol. The molecule has 2 N–H and O–H groups in total. The van der Waals surface area contributed by atoms with E-state index in [9.17, 15) is 0 Å². The molecule has 2 heterocycles. The fourth-order valence-electron chi connectivity index (χ4n) is 2.43. The van der Waals surface area contributed by atoms with Crippen LogP contribution >= 0.6 is 0 Å². The minimum Gasteiger partial charge on any atom is -0.355 e. The van der Waals surface area contributed by atoms with E-state index in [4.69, 9.17) is 5.73 Å². The number of anilines is 1. The molecule has 17 heavy (non-hydrogen) atoms. The first kappa shape index (κ1) is 12.3. The molecule has 0 saturated carbocycles. The normalized spacial score (nSPS) is 21.3. The smallest absolute Gasteiger partial charge is 0.151 e. The van der Waals surface area contributed by atoms with Gasteiger partial charge in [-0.05, 0) is 37.3 Å². The first-order chi connectivity index (χ1) is 8.33. The van der Waals surface area contributed by atoms with Crippen LogP contribution in [0.3, 0.4) is 0 Å².